The third kappa shape index (κ3) is 2.76. The number of nitriles is 1. The Balaban J connectivity index is 2.43. The summed E-state index contributed by atoms with van der Waals surface area (Å²) in [4.78, 5) is 0. The van der Waals surface area contributed by atoms with Crippen molar-refractivity contribution in [2.75, 3.05) is 5.32 Å². The van der Waals surface area contributed by atoms with Crippen molar-refractivity contribution in [3.05, 3.63) is 57.6 Å². The number of nitrogens with zero attached hydrogens (tertiary/aromatic N) is 1. The summed E-state index contributed by atoms with van der Waals surface area (Å²) in [7, 11) is 0. The maximum absolute atomic E-state index is 9.05. The van der Waals surface area contributed by atoms with Gasteiger partial charge in [-0.15, -0.1) is 0 Å². The molecule has 2 aromatic carbocycles. The van der Waals surface area contributed by atoms with Crippen molar-refractivity contribution < 1.29 is 0 Å². The van der Waals surface area contributed by atoms with E-state index in [0.717, 1.165) is 11.3 Å². The number of nitrogens with one attached hydrogen (secondary N) is 1. The molecule has 0 saturated carbocycles. The molecule has 2 rings (SSSR count). The van der Waals surface area contributed by atoms with Crippen LogP contribution in [0.2, 0.25) is 10.0 Å². The molecule has 0 aliphatic rings. The van der Waals surface area contributed by atoms with Crippen LogP contribution >= 0.6 is 23.2 Å². The molecule has 18 heavy (non-hydrogen) atoms. The van der Waals surface area contributed by atoms with E-state index in [1.165, 1.54) is 0 Å². The first-order valence-electron chi connectivity index (χ1n) is 5.33. The summed E-state index contributed by atoms with van der Waals surface area (Å²) < 4.78 is 0. The molecule has 2 nitrogen and oxygen atoms in total. The van der Waals surface area contributed by atoms with Gasteiger partial charge in [0, 0.05) is 15.7 Å². The average Bonchev–Trinajstić information content (AvgIpc) is 2.34. The van der Waals surface area contributed by atoms with Crippen molar-refractivity contribution in [1.29, 1.82) is 5.26 Å². The van der Waals surface area contributed by atoms with Gasteiger partial charge in [-0.2, -0.15) is 5.26 Å². The molecule has 0 fully saturated rings. The fourth-order valence-corrected chi connectivity index (χ4v) is 1.94. The van der Waals surface area contributed by atoms with Gasteiger partial charge >= 0.3 is 0 Å². The standard InChI is InChI=1S/C14H10Cl2N2/c1-9-2-4-11(15)6-13(9)18-14-7-12(16)5-3-10(14)8-17/h2-7,18H,1H3. The molecule has 0 amide bonds. The molecule has 4 heteroatoms. The van der Waals surface area contributed by atoms with Crippen LogP contribution in [0, 0.1) is 18.3 Å². The summed E-state index contributed by atoms with van der Waals surface area (Å²) in [6, 6.07) is 12.8. The normalized spacial score (nSPS) is 9.89. The number of aryl methyl sites for hydroxylation is 1. The molecule has 0 unspecified atom stereocenters. The van der Waals surface area contributed by atoms with Gasteiger partial charge in [0.25, 0.3) is 0 Å². The van der Waals surface area contributed by atoms with Crippen LogP contribution in [0.5, 0.6) is 0 Å². The van der Waals surface area contributed by atoms with Crippen LogP contribution in [-0.2, 0) is 0 Å². The minimum atomic E-state index is 0.541. The molecular formula is C14H10Cl2N2. The van der Waals surface area contributed by atoms with Crippen LogP contribution in [0.4, 0.5) is 11.4 Å². The Kier molecular flexibility index (Phi) is 3.76. The summed E-state index contributed by atoms with van der Waals surface area (Å²) in [6.07, 6.45) is 0. The highest BCUT2D eigenvalue weighted by molar-refractivity contribution is 6.31. The van der Waals surface area contributed by atoms with Crippen LogP contribution in [0.25, 0.3) is 0 Å². The van der Waals surface area contributed by atoms with E-state index < -0.39 is 0 Å². The van der Waals surface area contributed by atoms with E-state index in [4.69, 9.17) is 28.5 Å². The summed E-state index contributed by atoms with van der Waals surface area (Å²) in [6.45, 7) is 1.97. The fraction of sp³-hybridized carbons (Fsp3) is 0.0714. The Morgan fingerprint density at radius 3 is 2.28 bits per heavy atom. The molecule has 90 valence electrons. The fourth-order valence-electron chi connectivity index (χ4n) is 1.59. The van der Waals surface area contributed by atoms with Crippen molar-refractivity contribution in [3.8, 4) is 6.07 Å². The topological polar surface area (TPSA) is 35.8 Å². The van der Waals surface area contributed by atoms with E-state index >= 15 is 0 Å². The second kappa shape index (κ2) is 5.30. The van der Waals surface area contributed by atoms with Crippen LogP contribution in [0.15, 0.2) is 36.4 Å². The third-order valence-corrected chi connectivity index (χ3v) is 3.04. The number of halogens is 2. The number of hydrogen-bond donors (Lipinski definition) is 1. The van der Waals surface area contributed by atoms with Gasteiger partial charge in [0.15, 0.2) is 0 Å². The molecule has 0 saturated heterocycles. The first kappa shape index (κ1) is 12.8. The lowest BCUT2D eigenvalue weighted by Gasteiger charge is -2.11. The number of benzene rings is 2. The Labute approximate surface area is 116 Å². The lowest BCUT2D eigenvalue weighted by molar-refractivity contribution is 1.41. The van der Waals surface area contributed by atoms with Gasteiger partial charge in [-0.3, -0.25) is 0 Å². The number of rotatable bonds is 2. The van der Waals surface area contributed by atoms with E-state index in [9.17, 15) is 0 Å². The summed E-state index contributed by atoms with van der Waals surface area (Å²) in [5.74, 6) is 0. The molecule has 0 aliphatic carbocycles. The Bertz CT molecular complexity index is 630. The highest BCUT2D eigenvalue weighted by atomic mass is 35.5. The summed E-state index contributed by atoms with van der Waals surface area (Å²) in [5, 5.41) is 13.5. The van der Waals surface area contributed by atoms with Gasteiger partial charge in [0.2, 0.25) is 0 Å². The van der Waals surface area contributed by atoms with Gasteiger partial charge < -0.3 is 5.32 Å². The average molecular weight is 277 g/mol. The molecule has 1 N–H and O–H groups in total. The van der Waals surface area contributed by atoms with E-state index in [1.54, 1.807) is 18.2 Å². The Morgan fingerprint density at radius 1 is 1.00 bits per heavy atom. The largest absolute Gasteiger partial charge is 0.354 e. The maximum Gasteiger partial charge on any atom is 0.101 e. The van der Waals surface area contributed by atoms with Crippen molar-refractivity contribution in [2.45, 2.75) is 6.92 Å². The first-order valence-corrected chi connectivity index (χ1v) is 6.08. The summed E-state index contributed by atoms with van der Waals surface area (Å²) >= 11 is 11.9. The highest BCUT2D eigenvalue weighted by Gasteiger charge is 2.05. The van der Waals surface area contributed by atoms with Crippen LogP contribution in [0.1, 0.15) is 11.1 Å². The van der Waals surface area contributed by atoms with Gasteiger partial charge in [0.05, 0.1) is 11.3 Å². The van der Waals surface area contributed by atoms with Gasteiger partial charge in [-0.1, -0.05) is 29.3 Å². The number of anilines is 2. The van der Waals surface area contributed by atoms with Crippen LogP contribution in [0.3, 0.4) is 0 Å². The number of hydrogen-bond acceptors (Lipinski definition) is 2. The smallest absolute Gasteiger partial charge is 0.101 e. The lowest BCUT2D eigenvalue weighted by Crippen LogP contribution is -1.95. The molecule has 0 spiro atoms. The zero-order valence-corrected chi connectivity index (χ0v) is 11.2. The third-order valence-electron chi connectivity index (χ3n) is 2.57. The van der Waals surface area contributed by atoms with Crippen LogP contribution < -0.4 is 5.32 Å². The van der Waals surface area contributed by atoms with Gasteiger partial charge in [-0.25, -0.2) is 0 Å². The van der Waals surface area contributed by atoms with E-state index in [0.29, 0.717) is 21.3 Å². The van der Waals surface area contributed by atoms with Gasteiger partial charge in [0.1, 0.15) is 6.07 Å². The zero-order chi connectivity index (χ0) is 13.1. The minimum absolute atomic E-state index is 0.541. The molecule has 0 bridgehead atoms. The van der Waals surface area contributed by atoms with E-state index in [1.807, 2.05) is 25.1 Å². The maximum atomic E-state index is 9.05. The molecule has 0 heterocycles. The quantitative estimate of drug-likeness (QED) is 0.845. The van der Waals surface area contributed by atoms with Gasteiger partial charge in [-0.05, 0) is 42.8 Å². The second-order valence-electron chi connectivity index (χ2n) is 3.89. The summed E-state index contributed by atoms with van der Waals surface area (Å²) in [5.41, 5.74) is 3.12. The second-order valence-corrected chi connectivity index (χ2v) is 4.76. The SMILES string of the molecule is Cc1ccc(Cl)cc1Nc1cc(Cl)ccc1C#N. The van der Waals surface area contributed by atoms with Crippen LogP contribution in [-0.4, -0.2) is 0 Å². The Morgan fingerprint density at radius 2 is 1.61 bits per heavy atom. The van der Waals surface area contributed by atoms with Crippen molar-refractivity contribution in [3.63, 3.8) is 0 Å². The predicted octanol–water partition coefficient (Wildman–Crippen LogP) is 4.92. The molecule has 0 aliphatic heterocycles. The Hall–Kier alpha value is -1.69. The minimum Gasteiger partial charge on any atom is -0.354 e. The molecule has 0 radical (unpaired) electrons. The lowest BCUT2D eigenvalue weighted by atomic mass is 10.1. The van der Waals surface area contributed by atoms with Crippen molar-refractivity contribution in [2.24, 2.45) is 0 Å². The zero-order valence-electron chi connectivity index (χ0n) is 9.67. The first-order chi connectivity index (χ1) is 8.60. The molecule has 2 aromatic rings. The van der Waals surface area contributed by atoms with E-state index in [2.05, 4.69) is 11.4 Å². The molecule has 0 aromatic heterocycles. The van der Waals surface area contributed by atoms with Crippen molar-refractivity contribution in [1.82, 2.24) is 0 Å². The molecular weight excluding hydrogens is 267 g/mol. The van der Waals surface area contributed by atoms with E-state index in [-0.39, 0.29) is 0 Å². The monoisotopic (exact) mass is 276 g/mol. The predicted molar refractivity (Wildman–Crippen MR) is 75.6 cm³/mol. The molecule has 0 atom stereocenters. The highest BCUT2D eigenvalue weighted by Crippen LogP contribution is 2.27. The van der Waals surface area contributed by atoms with Crippen molar-refractivity contribution >= 4 is 34.6 Å².